The van der Waals surface area contributed by atoms with Crippen molar-refractivity contribution >= 4 is 34.7 Å². The van der Waals surface area contributed by atoms with Gasteiger partial charge in [-0.3, -0.25) is 29.8 Å². The molecule has 9 rings (SSSR count). The highest BCUT2D eigenvalue weighted by Gasteiger charge is 2.39. The predicted molar refractivity (Wildman–Crippen MR) is 244 cm³/mol. The Morgan fingerprint density at radius 1 is 0.723 bits per heavy atom. The summed E-state index contributed by atoms with van der Waals surface area (Å²) in [5, 5.41) is 25.4. The van der Waals surface area contributed by atoms with E-state index in [-0.39, 0.29) is 48.8 Å². The lowest BCUT2D eigenvalue weighted by molar-refractivity contribution is -0.140. The maximum absolute atomic E-state index is 13.8. The molecule has 2 amide bonds. The summed E-state index contributed by atoms with van der Waals surface area (Å²) in [5.41, 5.74) is 7.32. The van der Waals surface area contributed by atoms with E-state index < -0.39 is 30.3 Å². The van der Waals surface area contributed by atoms with E-state index in [0.29, 0.717) is 24.7 Å². The van der Waals surface area contributed by atoms with Crippen molar-refractivity contribution in [2.24, 2.45) is 11.8 Å². The van der Waals surface area contributed by atoms with Gasteiger partial charge in [0, 0.05) is 40.7 Å². The fourth-order valence-corrected chi connectivity index (χ4v) is 9.76. The van der Waals surface area contributed by atoms with Gasteiger partial charge in [0.2, 0.25) is 18.0 Å². The minimum atomic E-state index is -1.01. The van der Waals surface area contributed by atoms with E-state index in [1.165, 1.54) is 0 Å². The van der Waals surface area contributed by atoms with Crippen LogP contribution in [0.4, 0.5) is 0 Å². The van der Waals surface area contributed by atoms with E-state index in [2.05, 4.69) is 67.6 Å². The fourth-order valence-electron chi connectivity index (χ4n) is 9.76. The first-order valence-corrected chi connectivity index (χ1v) is 22.5. The van der Waals surface area contributed by atoms with Crippen molar-refractivity contribution in [3.8, 4) is 39.5 Å². The number of hydrogen-bond donors (Lipinski definition) is 6. The van der Waals surface area contributed by atoms with Gasteiger partial charge in [-0.2, -0.15) is 0 Å². The number of likely N-dealkylation sites (tertiary alicyclic amines) is 2. The molecule has 3 aliphatic heterocycles. The number of hydrogen-bond acceptors (Lipinski definition) is 9. The zero-order valence-electron chi connectivity index (χ0n) is 37.0. The first-order valence-electron chi connectivity index (χ1n) is 22.5. The van der Waals surface area contributed by atoms with Gasteiger partial charge in [-0.25, -0.2) is 9.97 Å². The second kappa shape index (κ2) is 18.0. The molecule has 3 aromatic carbocycles. The minimum Gasteiger partial charge on any atom is -0.480 e. The predicted octanol–water partition coefficient (Wildman–Crippen LogP) is 6.75. The second-order valence-corrected chi connectivity index (χ2v) is 18.0. The Kier molecular flexibility index (Phi) is 12.0. The molecular weight excluding hydrogens is 827 g/mol. The number of ether oxygens (including phenoxy) is 1. The molecule has 0 bridgehead atoms. The van der Waals surface area contributed by atoms with Gasteiger partial charge in [-0.1, -0.05) is 76.2 Å². The number of carboxylic acid groups (broad SMARTS) is 2. The number of H-pyrrole nitrogens is 2. The Labute approximate surface area is 376 Å². The molecule has 5 atom stereocenters. The zero-order chi connectivity index (χ0) is 45.5. The van der Waals surface area contributed by atoms with Crippen LogP contribution in [0, 0.1) is 11.8 Å². The van der Waals surface area contributed by atoms with Gasteiger partial charge < -0.3 is 39.3 Å². The summed E-state index contributed by atoms with van der Waals surface area (Å²) in [6.45, 7) is 8.21. The van der Waals surface area contributed by atoms with Gasteiger partial charge in [-0.15, -0.1) is 0 Å². The molecule has 2 saturated heterocycles. The van der Waals surface area contributed by atoms with Crippen molar-refractivity contribution in [2.45, 2.75) is 83.8 Å². The van der Waals surface area contributed by atoms with Gasteiger partial charge in [0.15, 0.2) is 0 Å². The van der Waals surface area contributed by atoms with E-state index in [9.17, 15) is 29.4 Å². The minimum absolute atomic E-state index is 0.0908. The van der Waals surface area contributed by atoms with Gasteiger partial charge in [0.05, 0.1) is 72.2 Å². The van der Waals surface area contributed by atoms with Gasteiger partial charge in [-0.05, 0) is 61.8 Å². The smallest absolute Gasteiger partial charge is 0.317 e. The van der Waals surface area contributed by atoms with Crippen molar-refractivity contribution in [3.05, 3.63) is 102 Å². The van der Waals surface area contributed by atoms with Crippen LogP contribution in [0.2, 0.25) is 0 Å². The lowest BCUT2D eigenvalue weighted by Crippen LogP contribution is -2.50. The van der Waals surface area contributed by atoms with Crippen LogP contribution in [0.25, 0.3) is 44.7 Å². The highest BCUT2D eigenvalue weighted by molar-refractivity contribution is 5.92. The molecule has 0 spiro atoms. The first kappa shape index (κ1) is 43.5. The molecular formula is C49H55N9O7. The fraction of sp³-hybridized carbons (Fsp3) is 0.388. The van der Waals surface area contributed by atoms with Crippen LogP contribution in [-0.2, 0) is 19.2 Å². The number of rotatable bonds is 15. The van der Waals surface area contributed by atoms with Crippen molar-refractivity contribution in [3.63, 3.8) is 0 Å². The maximum Gasteiger partial charge on any atom is 0.317 e. The molecule has 16 heteroatoms. The van der Waals surface area contributed by atoms with Crippen LogP contribution in [0.15, 0.2) is 85.2 Å². The molecule has 338 valence electrons. The van der Waals surface area contributed by atoms with E-state index in [4.69, 9.17) is 14.7 Å². The quantitative estimate of drug-likeness (QED) is 0.0635. The number of aromatic nitrogens is 5. The Morgan fingerprint density at radius 3 is 1.80 bits per heavy atom. The van der Waals surface area contributed by atoms with Crippen molar-refractivity contribution in [2.75, 3.05) is 26.2 Å². The molecule has 0 radical (unpaired) electrons. The van der Waals surface area contributed by atoms with Gasteiger partial charge in [0.25, 0.3) is 0 Å². The highest BCUT2D eigenvalue weighted by Crippen LogP contribution is 2.46. The summed E-state index contributed by atoms with van der Waals surface area (Å²) in [5.74, 6) is -0.335. The third-order valence-electron chi connectivity index (χ3n) is 13.0. The zero-order valence-corrected chi connectivity index (χ0v) is 37.0. The summed E-state index contributed by atoms with van der Waals surface area (Å²) < 4.78 is 9.20. The molecule has 6 aromatic rings. The molecule has 3 aromatic heterocycles. The molecule has 6 N–H and O–H groups in total. The lowest BCUT2D eigenvalue weighted by atomic mass is 10.0. The second-order valence-electron chi connectivity index (χ2n) is 18.0. The SMILES string of the molecule is CC(C)[C@H](NCC(=O)O)C(=O)N1CCCC1c1ncc(-c2ccc3c(c2)O[C@@H](c2ccccc2)n2c-3cc3ccc(-c4cnc([C@@H]5CCCN5C(=O)[C@@H](NCC(=O)O)C(C)C)[nH]4)cc32)[nH]1. The van der Waals surface area contributed by atoms with E-state index >= 15 is 0 Å². The Bertz CT molecular complexity index is 2740. The molecule has 0 aliphatic carbocycles. The average molecular weight is 882 g/mol. The van der Waals surface area contributed by atoms with Crippen LogP contribution in [0.1, 0.15) is 88.9 Å². The number of carboxylic acids is 2. The number of carbonyl (C=O) groups is 4. The number of fused-ring (bicyclic) bond motifs is 5. The van der Waals surface area contributed by atoms with Gasteiger partial charge in [0.1, 0.15) is 17.4 Å². The standard InChI is InChI=1S/C49H55N9O7/c1-27(2)43(50-25-41(59)60)47(63)56-18-8-12-36(56)45-52-23-34(54-45)30-14-15-32-21-39-33-17-16-31(22-40(33)65-49(58(39)38(32)20-30)29-10-6-5-7-11-29)35-24-53-46(55-35)37-13-9-19-57(37)48(64)44(28(3)4)51-26-42(61)62/h5-7,10-11,14-17,20-24,27-28,36-37,43-44,49-51H,8-9,12-13,18-19,25-26H2,1-4H3,(H,52,54)(H,53,55)(H,59,60)(H,61,62)/t36-,37?,43-,44-,49-/m0/s1. The first-order chi connectivity index (χ1) is 31.4. The monoisotopic (exact) mass is 881 g/mol. The van der Waals surface area contributed by atoms with E-state index in [0.717, 1.165) is 81.7 Å². The van der Waals surface area contributed by atoms with Crippen molar-refractivity contribution in [1.29, 1.82) is 0 Å². The average Bonchev–Trinajstić information content (AvgIpc) is 4.15. The van der Waals surface area contributed by atoms with Crippen LogP contribution in [-0.4, -0.2) is 107 Å². The Balaban J connectivity index is 1.00. The Hall–Kier alpha value is -6.78. The van der Waals surface area contributed by atoms with Crippen LogP contribution >= 0.6 is 0 Å². The largest absolute Gasteiger partial charge is 0.480 e. The number of aliphatic carboxylic acids is 2. The molecule has 3 aliphatic rings. The number of amides is 2. The number of imidazole rings is 2. The number of benzene rings is 3. The molecule has 2 fully saturated rings. The summed E-state index contributed by atoms with van der Waals surface area (Å²) >= 11 is 0. The van der Waals surface area contributed by atoms with E-state index in [1.807, 2.05) is 74.0 Å². The molecule has 6 heterocycles. The maximum atomic E-state index is 13.8. The van der Waals surface area contributed by atoms with Crippen molar-refractivity contribution < 1.29 is 34.1 Å². The number of nitrogens with zero attached hydrogens (tertiary/aromatic N) is 5. The normalized spacial score (nSPS) is 19.1. The number of nitrogens with one attached hydrogen (secondary N) is 4. The van der Waals surface area contributed by atoms with Gasteiger partial charge >= 0.3 is 11.9 Å². The van der Waals surface area contributed by atoms with Crippen LogP contribution < -0.4 is 15.4 Å². The highest BCUT2D eigenvalue weighted by atomic mass is 16.5. The third kappa shape index (κ3) is 8.51. The molecule has 65 heavy (non-hydrogen) atoms. The Morgan fingerprint density at radius 2 is 1.26 bits per heavy atom. The topological polar surface area (TPSA) is 211 Å². The van der Waals surface area contributed by atoms with Crippen LogP contribution in [0.3, 0.4) is 0 Å². The number of aromatic amines is 2. The summed E-state index contributed by atoms with van der Waals surface area (Å²) in [4.78, 5) is 70.4. The summed E-state index contributed by atoms with van der Waals surface area (Å²) in [6, 6.07) is 23.0. The number of carbonyl (C=O) groups excluding carboxylic acids is 2. The molecule has 0 saturated carbocycles. The summed E-state index contributed by atoms with van der Waals surface area (Å²) in [6.07, 6.45) is 6.26. The third-order valence-corrected chi connectivity index (χ3v) is 13.0. The van der Waals surface area contributed by atoms with E-state index in [1.54, 1.807) is 6.20 Å². The molecule has 1 unspecified atom stereocenters. The van der Waals surface area contributed by atoms with Crippen molar-refractivity contribution in [1.82, 2.24) is 44.9 Å². The lowest BCUT2D eigenvalue weighted by Gasteiger charge is -2.30. The van der Waals surface area contributed by atoms with Crippen LogP contribution in [0.5, 0.6) is 5.75 Å². The summed E-state index contributed by atoms with van der Waals surface area (Å²) in [7, 11) is 0. The molecule has 16 nitrogen and oxygen atoms in total.